The van der Waals surface area contributed by atoms with Crippen molar-refractivity contribution >= 4 is 11.4 Å². The van der Waals surface area contributed by atoms with Gasteiger partial charge in [0.1, 0.15) is 0 Å². The largest absolute Gasteiger partial charge is 0.381 e. The molecule has 2 nitrogen and oxygen atoms in total. The highest BCUT2D eigenvalue weighted by atomic mass is 15.2. The van der Waals surface area contributed by atoms with Crippen LogP contribution in [0.4, 0.5) is 11.4 Å². The normalized spacial score (nSPS) is 23.1. The Labute approximate surface area is 110 Å². The van der Waals surface area contributed by atoms with Crippen LogP contribution in [0.3, 0.4) is 0 Å². The van der Waals surface area contributed by atoms with Gasteiger partial charge in [-0.15, -0.1) is 0 Å². The fraction of sp³-hybridized carbons (Fsp3) is 0.625. The van der Waals surface area contributed by atoms with Crippen molar-refractivity contribution in [1.82, 2.24) is 0 Å². The van der Waals surface area contributed by atoms with Crippen LogP contribution in [-0.4, -0.2) is 19.1 Å². The van der Waals surface area contributed by atoms with Crippen LogP contribution in [0.15, 0.2) is 18.2 Å². The molecule has 1 unspecified atom stereocenters. The Kier molecular flexibility index (Phi) is 2.76. The van der Waals surface area contributed by atoms with E-state index in [1.807, 2.05) is 0 Å². The number of benzene rings is 1. The lowest BCUT2D eigenvalue weighted by molar-refractivity contribution is 0.464. The molecule has 2 aliphatic heterocycles. The average molecular weight is 244 g/mol. The van der Waals surface area contributed by atoms with Gasteiger partial charge in [0.2, 0.25) is 0 Å². The molecule has 1 atom stereocenters. The molecule has 0 saturated carbocycles. The summed E-state index contributed by atoms with van der Waals surface area (Å²) in [7, 11) is 0. The number of hydrogen-bond acceptors (Lipinski definition) is 2. The summed E-state index contributed by atoms with van der Waals surface area (Å²) in [5.74, 6) is 0. The highest BCUT2D eigenvalue weighted by molar-refractivity contribution is 5.77. The maximum absolute atomic E-state index is 3.70. The Morgan fingerprint density at radius 2 is 2.06 bits per heavy atom. The number of nitrogens with one attached hydrogen (secondary N) is 1. The Balaban J connectivity index is 2.05. The van der Waals surface area contributed by atoms with Crippen molar-refractivity contribution in [2.24, 2.45) is 0 Å². The third-order valence-corrected chi connectivity index (χ3v) is 4.30. The second-order valence-electron chi connectivity index (χ2n) is 6.67. The number of piperidine rings is 1. The Hall–Kier alpha value is -1.18. The third-order valence-electron chi connectivity index (χ3n) is 4.30. The molecule has 18 heavy (non-hydrogen) atoms. The molecular weight excluding hydrogens is 220 g/mol. The fourth-order valence-corrected chi connectivity index (χ4v) is 3.34. The smallest absolute Gasteiger partial charge is 0.0616 e. The highest BCUT2D eigenvalue weighted by Gasteiger charge is 2.31. The number of anilines is 2. The molecule has 2 aliphatic rings. The van der Waals surface area contributed by atoms with Gasteiger partial charge in [-0.25, -0.2) is 0 Å². The molecule has 0 aromatic heterocycles. The SMILES string of the molecule is CC(C)(C)c1cccc2c1NCC1CCCCN21. The van der Waals surface area contributed by atoms with E-state index in [1.54, 1.807) is 0 Å². The zero-order valence-electron chi connectivity index (χ0n) is 11.8. The van der Waals surface area contributed by atoms with Gasteiger partial charge < -0.3 is 10.2 Å². The maximum Gasteiger partial charge on any atom is 0.0616 e. The van der Waals surface area contributed by atoms with Crippen LogP contribution in [0.25, 0.3) is 0 Å². The third kappa shape index (κ3) is 1.88. The van der Waals surface area contributed by atoms with Gasteiger partial charge >= 0.3 is 0 Å². The number of fused-ring (bicyclic) bond motifs is 3. The minimum absolute atomic E-state index is 0.209. The maximum atomic E-state index is 3.70. The molecule has 1 aromatic carbocycles. The molecule has 98 valence electrons. The molecule has 2 heterocycles. The van der Waals surface area contributed by atoms with E-state index in [0.717, 1.165) is 6.54 Å². The van der Waals surface area contributed by atoms with Gasteiger partial charge in [-0.3, -0.25) is 0 Å². The summed E-state index contributed by atoms with van der Waals surface area (Å²) in [5, 5.41) is 3.70. The van der Waals surface area contributed by atoms with Crippen LogP contribution < -0.4 is 10.2 Å². The number of rotatable bonds is 0. The first-order chi connectivity index (χ1) is 8.57. The molecule has 0 spiro atoms. The summed E-state index contributed by atoms with van der Waals surface area (Å²) in [6.07, 6.45) is 4.07. The average Bonchev–Trinajstić information content (AvgIpc) is 2.36. The first kappa shape index (κ1) is 11.9. The van der Waals surface area contributed by atoms with Crippen LogP contribution in [0.2, 0.25) is 0 Å². The molecule has 2 heteroatoms. The number of nitrogens with zero attached hydrogens (tertiary/aromatic N) is 1. The van der Waals surface area contributed by atoms with Crippen molar-refractivity contribution in [3.8, 4) is 0 Å². The van der Waals surface area contributed by atoms with Gasteiger partial charge in [-0.05, 0) is 36.3 Å². The van der Waals surface area contributed by atoms with Crippen LogP contribution in [0.1, 0.15) is 45.6 Å². The molecule has 0 bridgehead atoms. The summed E-state index contributed by atoms with van der Waals surface area (Å²) in [5.41, 5.74) is 4.46. The summed E-state index contributed by atoms with van der Waals surface area (Å²) in [6, 6.07) is 7.49. The van der Waals surface area contributed by atoms with E-state index in [9.17, 15) is 0 Å². The van der Waals surface area contributed by atoms with E-state index < -0.39 is 0 Å². The fourth-order valence-electron chi connectivity index (χ4n) is 3.34. The van der Waals surface area contributed by atoms with Crippen molar-refractivity contribution in [1.29, 1.82) is 0 Å². The van der Waals surface area contributed by atoms with E-state index in [-0.39, 0.29) is 5.41 Å². The quantitative estimate of drug-likeness (QED) is 0.747. The molecule has 3 rings (SSSR count). The van der Waals surface area contributed by atoms with Crippen LogP contribution in [0.5, 0.6) is 0 Å². The van der Waals surface area contributed by atoms with Crippen molar-refractivity contribution in [3.05, 3.63) is 23.8 Å². The molecule has 0 aliphatic carbocycles. The van der Waals surface area contributed by atoms with Crippen LogP contribution in [0, 0.1) is 0 Å². The van der Waals surface area contributed by atoms with Crippen molar-refractivity contribution in [3.63, 3.8) is 0 Å². The second-order valence-corrected chi connectivity index (χ2v) is 6.67. The van der Waals surface area contributed by atoms with Gasteiger partial charge in [0.05, 0.1) is 11.4 Å². The minimum atomic E-state index is 0.209. The zero-order chi connectivity index (χ0) is 12.8. The summed E-state index contributed by atoms with van der Waals surface area (Å²) >= 11 is 0. The lowest BCUT2D eigenvalue weighted by atomic mass is 9.84. The number of hydrogen-bond donors (Lipinski definition) is 1. The minimum Gasteiger partial charge on any atom is -0.381 e. The highest BCUT2D eigenvalue weighted by Crippen LogP contribution is 2.41. The first-order valence-corrected chi connectivity index (χ1v) is 7.21. The molecular formula is C16H24N2. The molecule has 1 fully saturated rings. The molecule has 1 saturated heterocycles. The molecule has 0 amide bonds. The monoisotopic (exact) mass is 244 g/mol. The van der Waals surface area contributed by atoms with E-state index in [1.165, 1.54) is 42.7 Å². The predicted molar refractivity (Wildman–Crippen MR) is 78.6 cm³/mol. The Bertz CT molecular complexity index is 445. The topological polar surface area (TPSA) is 15.3 Å². The van der Waals surface area contributed by atoms with Gasteiger partial charge in [-0.1, -0.05) is 32.9 Å². The van der Waals surface area contributed by atoms with Gasteiger partial charge in [0, 0.05) is 19.1 Å². The Morgan fingerprint density at radius 3 is 2.83 bits per heavy atom. The Morgan fingerprint density at radius 1 is 1.22 bits per heavy atom. The lowest BCUT2D eigenvalue weighted by Crippen LogP contribution is -2.47. The summed E-state index contributed by atoms with van der Waals surface area (Å²) in [6.45, 7) is 9.23. The van der Waals surface area contributed by atoms with Crippen molar-refractivity contribution < 1.29 is 0 Å². The van der Waals surface area contributed by atoms with Crippen molar-refractivity contribution in [2.45, 2.75) is 51.5 Å². The lowest BCUT2D eigenvalue weighted by Gasteiger charge is -2.44. The predicted octanol–water partition coefficient (Wildman–Crippen LogP) is 3.77. The molecule has 1 N–H and O–H groups in total. The van der Waals surface area contributed by atoms with E-state index in [2.05, 4.69) is 49.2 Å². The van der Waals surface area contributed by atoms with Crippen molar-refractivity contribution in [2.75, 3.05) is 23.3 Å². The summed E-state index contributed by atoms with van der Waals surface area (Å²) in [4.78, 5) is 2.63. The molecule has 0 radical (unpaired) electrons. The first-order valence-electron chi connectivity index (χ1n) is 7.21. The zero-order valence-corrected chi connectivity index (χ0v) is 11.8. The second kappa shape index (κ2) is 4.18. The van der Waals surface area contributed by atoms with E-state index >= 15 is 0 Å². The standard InChI is InChI=1S/C16H24N2/c1-16(2,3)13-8-6-9-14-15(13)17-11-12-7-4-5-10-18(12)14/h6,8-9,12,17H,4-5,7,10-11H2,1-3H3. The van der Waals surface area contributed by atoms with Crippen LogP contribution in [-0.2, 0) is 5.41 Å². The number of para-hydroxylation sites is 1. The van der Waals surface area contributed by atoms with Gasteiger partial charge in [0.25, 0.3) is 0 Å². The van der Waals surface area contributed by atoms with Gasteiger partial charge in [-0.2, -0.15) is 0 Å². The summed E-state index contributed by atoms with van der Waals surface area (Å²) < 4.78 is 0. The van der Waals surface area contributed by atoms with E-state index in [0.29, 0.717) is 6.04 Å². The van der Waals surface area contributed by atoms with E-state index in [4.69, 9.17) is 0 Å². The van der Waals surface area contributed by atoms with Gasteiger partial charge in [0.15, 0.2) is 0 Å². The molecule has 1 aromatic rings. The van der Waals surface area contributed by atoms with Crippen LogP contribution >= 0.6 is 0 Å².